The molecule has 0 aliphatic heterocycles. The van der Waals surface area contributed by atoms with Gasteiger partial charge in [0.2, 0.25) is 5.95 Å². The molecule has 3 aromatic heterocycles. The molecule has 120 valence electrons. The van der Waals surface area contributed by atoms with E-state index in [9.17, 15) is 4.79 Å². The van der Waals surface area contributed by atoms with Gasteiger partial charge in [0.1, 0.15) is 5.65 Å². The lowest BCUT2D eigenvalue weighted by atomic mass is 10.1. The van der Waals surface area contributed by atoms with Gasteiger partial charge in [-0.05, 0) is 50.8 Å². The zero-order chi connectivity index (χ0) is 16.6. The number of aromatic nitrogens is 3. The van der Waals surface area contributed by atoms with Gasteiger partial charge in [-0.25, -0.2) is 4.98 Å². The number of hydrogen-bond acceptors (Lipinski definition) is 5. The minimum atomic E-state index is 0.00222. The van der Waals surface area contributed by atoms with Crippen LogP contribution in [0.25, 0.3) is 21.5 Å². The first kappa shape index (κ1) is 15.7. The highest BCUT2D eigenvalue weighted by Gasteiger charge is 2.15. The van der Waals surface area contributed by atoms with Gasteiger partial charge in [-0.15, -0.1) is 11.3 Å². The van der Waals surface area contributed by atoms with Gasteiger partial charge in [0, 0.05) is 23.4 Å². The van der Waals surface area contributed by atoms with E-state index in [1.165, 1.54) is 5.56 Å². The van der Waals surface area contributed by atoms with Crippen molar-refractivity contribution in [2.75, 3.05) is 11.9 Å². The van der Waals surface area contributed by atoms with Crippen molar-refractivity contribution in [3.05, 3.63) is 39.1 Å². The fraction of sp³-hybridized carbons (Fsp3) is 0.353. The van der Waals surface area contributed by atoms with E-state index in [0.29, 0.717) is 18.1 Å². The zero-order valence-corrected chi connectivity index (χ0v) is 14.6. The summed E-state index contributed by atoms with van der Waals surface area (Å²) in [6, 6.07) is 3.98. The number of rotatable bonds is 4. The van der Waals surface area contributed by atoms with E-state index >= 15 is 0 Å². The van der Waals surface area contributed by atoms with Crippen LogP contribution in [0.5, 0.6) is 0 Å². The van der Waals surface area contributed by atoms with Crippen LogP contribution in [-0.2, 0) is 6.54 Å². The molecule has 3 heterocycles. The summed E-state index contributed by atoms with van der Waals surface area (Å²) in [5.74, 6) is 0.568. The number of aryl methyl sites for hydroxylation is 3. The largest absolute Gasteiger partial charge is 0.354 e. The van der Waals surface area contributed by atoms with Crippen molar-refractivity contribution in [1.82, 2.24) is 14.5 Å². The third kappa shape index (κ3) is 2.74. The third-order valence-corrected chi connectivity index (χ3v) is 4.86. The maximum Gasteiger partial charge on any atom is 0.260 e. The number of nitrogens with one attached hydrogen (secondary N) is 1. The first-order valence-electron chi connectivity index (χ1n) is 7.76. The Morgan fingerprint density at radius 1 is 1.22 bits per heavy atom. The van der Waals surface area contributed by atoms with Gasteiger partial charge in [-0.3, -0.25) is 9.36 Å². The second kappa shape index (κ2) is 6.12. The standard InChI is InChI=1S/C17H20N4OS/c1-5-18-17-19-11(4)12-8-13(14-7-10(3)9-23-14)16(22)21(6-2)15(12)20-17/h7-9H,5-6H2,1-4H3,(H,18,19,20). The Hall–Kier alpha value is -2.21. The summed E-state index contributed by atoms with van der Waals surface area (Å²) in [5, 5.41) is 6.11. The first-order chi connectivity index (χ1) is 11.0. The van der Waals surface area contributed by atoms with Crippen molar-refractivity contribution in [3.63, 3.8) is 0 Å². The van der Waals surface area contributed by atoms with Crippen molar-refractivity contribution in [2.45, 2.75) is 34.2 Å². The molecule has 0 radical (unpaired) electrons. The lowest BCUT2D eigenvalue weighted by Crippen LogP contribution is -2.22. The summed E-state index contributed by atoms with van der Waals surface area (Å²) in [6.45, 7) is 9.28. The van der Waals surface area contributed by atoms with Gasteiger partial charge in [-0.1, -0.05) is 0 Å². The van der Waals surface area contributed by atoms with Crippen LogP contribution < -0.4 is 10.9 Å². The van der Waals surface area contributed by atoms with E-state index in [2.05, 4.69) is 26.7 Å². The zero-order valence-electron chi connectivity index (χ0n) is 13.8. The second-order valence-electron chi connectivity index (χ2n) is 5.50. The van der Waals surface area contributed by atoms with Crippen LogP contribution in [0.1, 0.15) is 25.1 Å². The Labute approximate surface area is 139 Å². The maximum absolute atomic E-state index is 12.9. The second-order valence-corrected chi connectivity index (χ2v) is 6.41. The van der Waals surface area contributed by atoms with Crippen LogP contribution in [0.3, 0.4) is 0 Å². The maximum atomic E-state index is 12.9. The molecule has 0 amide bonds. The van der Waals surface area contributed by atoms with Gasteiger partial charge in [0.25, 0.3) is 5.56 Å². The van der Waals surface area contributed by atoms with Crippen LogP contribution in [0.15, 0.2) is 22.3 Å². The molecule has 3 rings (SSSR count). The van der Waals surface area contributed by atoms with E-state index in [-0.39, 0.29) is 5.56 Å². The first-order valence-corrected chi connectivity index (χ1v) is 8.64. The molecular weight excluding hydrogens is 308 g/mol. The number of pyridine rings is 1. The van der Waals surface area contributed by atoms with Gasteiger partial charge in [-0.2, -0.15) is 4.98 Å². The number of thiophene rings is 1. The van der Waals surface area contributed by atoms with Gasteiger partial charge < -0.3 is 5.32 Å². The van der Waals surface area contributed by atoms with Crippen molar-refractivity contribution in [1.29, 1.82) is 0 Å². The summed E-state index contributed by atoms with van der Waals surface area (Å²) in [4.78, 5) is 22.9. The van der Waals surface area contributed by atoms with Crippen LogP contribution in [0.2, 0.25) is 0 Å². The summed E-state index contributed by atoms with van der Waals surface area (Å²) < 4.78 is 1.73. The highest BCUT2D eigenvalue weighted by atomic mass is 32.1. The van der Waals surface area contributed by atoms with Gasteiger partial charge in [0.15, 0.2) is 0 Å². The topological polar surface area (TPSA) is 59.8 Å². The molecule has 5 nitrogen and oxygen atoms in total. The molecule has 0 aliphatic rings. The summed E-state index contributed by atoms with van der Waals surface area (Å²) in [5.41, 5.74) is 3.46. The van der Waals surface area contributed by atoms with E-state index in [4.69, 9.17) is 0 Å². The van der Waals surface area contributed by atoms with Gasteiger partial charge >= 0.3 is 0 Å². The summed E-state index contributed by atoms with van der Waals surface area (Å²) in [6.07, 6.45) is 0. The van der Waals surface area contributed by atoms with E-state index in [1.807, 2.05) is 33.8 Å². The van der Waals surface area contributed by atoms with Crippen molar-refractivity contribution < 1.29 is 0 Å². The van der Waals surface area contributed by atoms with E-state index in [1.54, 1.807) is 15.9 Å². The number of nitrogens with zero attached hydrogens (tertiary/aromatic N) is 3. The average molecular weight is 328 g/mol. The minimum Gasteiger partial charge on any atom is -0.354 e. The Kier molecular flexibility index (Phi) is 4.17. The quantitative estimate of drug-likeness (QED) is 0.795. The predicted octanol–water partition coefficient (Wildman–Crippen LogP) is 3.59. The predicted molar refractivity (Wildman–Crippen MR) is 96.4 cm³/mol. The SMILES string of the molecule is CCNc1nc(C)c2cc(-c3cc(C)cs3)c(=O)n(CC)c2n1. The molecule has 0 fully saturated rings. The van der Waals surface area contributed by atoms with E-state index < -0.39 is 0 Å². The fourth-order valence-electron chi connectivity index (χ4n) is 2.67. The highest BCUT2D eigenvalue weighted by molar-refractivity contribution is 7.13. The summed E-state index contributed by atoms with van der Waals surface area (Å²) >= 11 is 1.60. The molecule has 0 saturated carbocycles. The van der Waals surface area contributed by atoms with Crippen LogP contribution in [0, 0.1) is 13.8 Å². The minimum absolute atomic E-state index is 0.00222. The fourth-order valence-corrected chi connectivity index (χ4v) is 3.58. The number of fused-ring (bicyclic) bond motifs is 1. The monoisotopic (exact) mass is 328 g/mol. The molecule has 0 aromatic carbocycles. The number of anilines is 1. The normalized spacial score (nSPS) is 11.1. The molecule has 0 atom stereocenters. The molecule has 3 aromatic rings. The smallest absolute Gasteiger partial charge is 0.260 e. The molecule has 0 aliphatic carbocycles. The van der Waals surface area contributed by atoms with Crippen LogP contribution >= 0.6 is 11.3 Å². The molecule has 23 heavy (non-hydrogen) atoms. The summed E-state index contributed by atoms with van der Waals surface area (Å²) in [7, 11) is 0. The van der Waals surface area contributed by atoms with Crippen molar-refractivity contribution in [2.24, 2.45) is 0 Å². The molecular formula is C17H20N4OS. The molecule has 0 spiro atoms. The Morgan fingerprint density at radius 2 is 2.00 bits per heavy atom. The van der Waals surface area contributed by atoms with Crippen molar-refractivity contribution in [3.8, 4) is 10.4 Å². The highest BCUT2D eigenvalue weighted by Crippen LogP contribution is 2.27. The van der Waals surface area contributed by atoms with Gasteiger partial charge in [0.05, 0.1) is 11.3 Å². The molecule has 0 saturated heterocycles. The lowest BCUT2D eigenvalue weighted by molar-refractivity contribution is 0.750. The Morgan fingerprint density at radius 3 is 2.61 bits per heavy atom. The Bertz CT molecular complexity index is 926. The average Bonchev–Trinajstić information content (AvgIpc) is 2.93. The van der Waals surface area contributed by atoms with Crippen molar-refractivity contribution >= 4 is 28.3 Å². The molecule has 0 unspecified atom stereocenters. The molecule has 1 N–H and O–H groups in total. The Balaban J connectivity index is 2.34. The van der Waals surface area contributed by atoms with E-state index in [0.717, 1.165) is 28.1 Å². The molecule has 6 heteroatoms. The lowest BCUT2D eigenvalue weighted by Gasteiger charge is -2.13. The third-order valence-electron chi connectivity index (χ3n) is 3.78. The van der Waals surface area contributed by atoms with Crippen LogP contribution in [0.4, 0.5) is 5.95 Å². The number of hydrogen-bond donors (Lipinski definition) is 1. The van der Waals surface area contributed by atoms with Crippen LogP contribution in [-0.4, -0.2) is 21.1 Å². The molecule has 0 bridgehead atoms.